The first-order valence-corrected chi connectivity index (χ1v) is 4.38. The fourth-order valence-corrected chi connectivity index (χ4v) is 1.36. The summed E-state index contributed by atoms with van der Waals surface area (Å²) in [6.07, 6.45) is 3.47. The van der Waals surface area contributed by atoms with E-state index in [-0.39, 0.29) is 0 Å². The topological polar surface area (TPSA) is 64.9 Å². The molecule has 0 saturated heterocycles. The van der Waals surface area contributed by atoms with Crippen molar-refractivity contribution in [1.29, 1.82) is 0 Å². The molecule has 0 aromatic carbocycles. The lowest BCUT2D eigenvalue weighted by atomic mass is 10.1. The molecule has 2 rings (SSSR count). The van der Waals surface area contributed by atoms with Gasteiger partial charge in [0.1, 0.15) is 11.5 Å². The Labute approximate surface area is 81.7 Å². The largest absolute Gasteiger partial charge is 0.361 e. The molecule has 2 aromatic rings. The van der Waals surface area contributed by atoms with Gasteiger partial charge in [0.15, 0.2) is 0 Å². The molecule has 0 atom stereocenters. The molecule has 2 heterocycles. The lowest BCUT2D eigenvalue weighted by Crippen LogP contribution is -1.98. The molecule has 0 aliphatic rings. The van der Waals surface area contributed by atoms with Gasteiger partial charge in [0, 0.05) is 30.1 Å². The predicted molar refractivity (Wildman–Crippen MR) is 52.4 cm³/mol. The van der Waals surface area contributed by atoms with Gasteiger partial charge in [-0.2, -0.15) is 0 Å². The summed E-state index contributed by atoms with van der Waals surface area (Å²) >= 11 is 0. The van der Waals surface area contributed by atoms with Crippen LogP contribution < -0.4 is 5.73 Å². The summed E-state index contributed by atoms with van der Waals surface area (Å²) in [5, 5.41) is 3.96. The maximum Gasteiger partial charge on any atom is 0.138 e. The fraction of sp³-hybridized carbons (Fsp3) is 0.200. The van der Waals surface area contributed by atoms with E-state index in [1.54, 1.807) is 12.4 Å². The van der Waals surface area contributed by atoms with E-state index < -0.39 is 0 Å². The van der Waals surface area contributed by atoms with Crippen LogP contribution in [0, 0.1) is 6.92 Å². The van der Waals surface area contributed by atoms with Crippen molar-refractivity contribution >= 4 is 0 Å². The first-order valence-electron chi connectivity index (χ1n) is 4.38. The highest BCUT2D eigenvalue weighted by atomic mass is 16.5. The Morgan fingerprint density at radius 2 is 2.36 bits per heavy atom. The van der Waals surface area contributed by atoms with Crippen LogP contribution in [0.3, 0.4) is 0 Å². The van der Waals surface area contributed by atoms with E-state index in [0.717, 1.165) is 22.6 Å². The molecule has 0 spiro atoms. The second-order valence-electron chi connectivity index (χ2n) is 3.01. The first kappa shape index (κ1) is 8.90. The second-order valence-corrected chi connectivity index (χ2v) is 3.01. The minimum absolute atomic E-state index is 0.430. The first-order chi connectivity index (χ1) is 6.83. The van der Waals surface area contributed by atoms with Gasteiger partial charge in [0.2, 0.25) is 0 Å². The molecule has 0 aliphatic carbocycles. The van der Waals surface area contributed by atoms with Gasteiger partial charge in [-0.25, -0.2) is 0 Å². The number of aromatic nitrogens is 2. The minimum atomic E-state index is 0.430. The molecule has 2 N–H and O–H groups in total. The van der Waals surface area contributed by atoms with Gasteiger partial charge in [0.25, 0.3) is 0 Å². The Morgan fingerprint density at radius 1 is 1.50 bits per heavy atom. The predicted octanol–water partition coefficient (Wildman–Crippen LogP) is 1.50. The van der Waals surface area contributed by atoms with Crippen LogP contribution in [0.25, 0.3) is 11.3 Å². The molecule has 0 unspecified atom stereocenters. The number of nitrogens with two attached hydrogens (primary N) is 1. The lowest BCUT2D eigenvalue weighted by molar-refractivity contribution is 0.398. The van der Waals surface area contributed by atoms with E-state index in [4.69, 9.17) is 10.3 Å². The van der Waals surface area contributed by atoms with Crippen molar-refractivity contribution in [2.75, 3.05) is 0 Å². The molecule has 4 nitrogen and oxygen atoms in total. The van der Waals surface area contributed by atoms with E-state index in [9.17, 15) is 0 Å². The summed E-state index contributed by atoms with van der Waals surface area (Å²) < 4.78 is 5.08. The third-order valence-corrected chi connectivity index (χ3v) is 2.12. The van der Waals surface area contributed by atoms with E-state index in [1.165, 1.54) is 0 Å². The van der Waals surface area contributed by atoms with Gasteiger partial charge < -0.3 is 10.3 Å². The van der Waals surface area contributed by atoms with Gasteiger partial charge >= 0.3 is 0 Å². The lowest BCUT2D eigenvalue weighted by Gasteiger charge is -1.97. The summed E-state index contributed by atoms with van der Waals surface area (Å²) in [5.41, 5.74) is 8.28. The Morgan fingerprint density at radius 3 is 3.00 bits per heavy atom. The van der Waals surface area contributed by atoms with Crippen LogP contribution >= 0.6 is 0 Å². The zero-order valence-electron chi connectivity index (χ0n) is 7.90. The summed E-state index contributed by atoms with van der Waals surface area (Å²) in [4.78, 5) is 4.02. The molecule has 4 heteroatoms. The average molecular weight is 189 g/mol. The van der Waals surface area contributed by atoms with E-state index in [1.807, 2.05) is 19.1 Å². The number of hydrogen-bond acceptors (Lipinski definition) is 4. The average Bonchev–Trinajstić information content (AvgIpc) is 2.61. The van der Waals surface area contributed by atoms with Crippen molar-refractivity contribution in [3.8, 4) is 11.3 Å². The molecule has 72 valence electrons. The molecule has 0 radical (unpaired) electrons. The Bertz CT molecular complexity index is 422. The number of hydrogen-bond donors (Lipinski definition) is 1. The number of aryl methyl sites for hydroxylation is 1. The summed E-state index contributed by atoms with van der Waals surface area (Å²) in [6.45, 7) is 2.29. The number of nitrogens with zero attached hydrogens (tertiary/aromatic N) is 2. The highest BCUT2D eigenvalue weighted by molar-refractivity contribution is 5.62. The summed E-state index contributed by atoms with van der Waals surface area (Å²) in [6, 6.07) is 3.79. The third kappa shape index (κ3) is 1.40. The zero-order valence-corrected chi connectivity index (χ0v) is 7.90. The smallest absolute Gasteiger partial charge is 0.138 e. The van der Waals surface area contributed by atoms with E-state index >= 15 is 0 Å². The monoisotopic (exact) mass is 189 g/mol. The quantitative estimate of drug-likeness (QED) is 0.777. The number of rotatable bonds is 2. The van der Waals surface area contributed by atoms with Gasteiger partial charge in [0.05, 0.1) is 0 Å². The maximum atomic E-state index is 5.61. The van der Waals surface area contributed by atoms with Crippen molar-refractivity contribution < 1.29 is 4.52 Å². The molecular weight excluding hydrogens is 178 g/mol. The Kier molecular flexibility index (Phi) is 2.28. The van der Waals surface area contributed by atoms with E-state index in [0.29, 0.717) is 6.54 Å². The zero-order chi connectivity index (χ0) is 9.97. The van der Waals surface area contributed by atoms with Gasteiger partial charge in [-0.05, 0) is 19.1 Å². The summed E-state index contributed by atoms with van der Waals surface area (Å²) in [5.74, 6) is 0.770. The van der Waals surface area contributed by atoms with Crippen molar-refractivity contribution in [2.45, 2.75) is 13.5 Å². The minimum Gasteiger partial charge on any atom is -0.361 e. The van der Waals surface area contributed by atoms with Crippen LogP contribution in [-0.2, 0) is 6.54 Å². The van der Waals surface area contributed by atoms with Crippen molar-refractivity contribution in [3.05, 3.63) is 35.9 Å². The highest BCUT2D eigenvalue weighted by Crippen LogP contribution is 2.23. The van der Waals surface area contributed by atoms with Crippen LogP contribution in [0.4, 0.5) is 0 Å². The van der Waals surface area contributed by atoms with Crippen molar-refractivity contribution in [3.63, 3.8) is 0 Å². The van der Waals surface area contributed by atoms with Crippen LogP contribution in [0.15, 0.2) is 29.0 Å². The molecule has 0 fully saturated rings. The molecule has 0 saturated carbocycles. The summed E-state index contributed by atoms with van der Waals surface area (Å²) in [7, 11) is 0. The van der Waals surface area contributed by atoms with Crippen molar-refractivity contribution in [2.24, 2.45) is 5.73 Å². The van der Waals surface area contributed by atoms with Crippen LogP contribution in [0.5, 0.6) is 0 Å². The normalized spacial score (nSPS) is 10.4. The Balaban J connectivity index is 2.52. The van der Waals surface area contributed by atoms with Crippen molar-refractivity contribution in [1.82, 2.24) is 10.1 Å². The third-order valence-electron chi connectivity index (χ3n) is 2.12. The molecule has 0 bridgehead atoms. The highest BCUT2D eigenvalue weighted by Gasteiger charge is 2.12. The van der Waals surface area contributed by atoms with Crippen LogP contribution in [0.1, 0.15) is 11.3 Å². The Hall–Kier alpha value is -1.68. The maximum absolute atomic E-state index is 5.61. The second kappa shape index (κ2) is 3.59. The van der Waals surface area contributed by atoms with Crippen LogP contribution in [0.2, 0.25) is 0 Å². The number of pyridine rings is 1. The van der Waals surface area contributed by atoms with Gasteiger partial charge in [-0.15, -0.1) is 0 Å². The SMILES string of the molecule is Cc1onc(-c2cccnc2)c1CN. The molecule has 0 aliphatic heterocycles. The van der Waals surface area contributed by atoms with Gasteiger partial charge in [-0.1, -0.05) is 5.16 Å². The fourth-order valence-electron chi connectivity index (χ4n) is 1.36. The van der Waals surface area contributed by atoms with Gasteiger partial charge in [-0.3, -0.25) is 4.98 Å². The molecule has 14 heavy (non-hydrogen) atoms. The van der Waals surface area contributed by atoms with E-state index in [2.05, 4.69) is 10.1 Å². The van der Waals surface area contributed by atoms with Crippen LogP contribution in [-0.4, -0.2) is 10.1 Å². The molecule has 0 amide bonds. The standard InChI is InChI=1S/C10H11N3O/c1-7-9(5-11)10(13-14-7)8-3-2-4-12-6-8/h2-4,6H,5,11H2,1H3. The molecular formula is C10H11N3O. The molecule has 2 aromatic heterocycles.